The van der Waals surface area contributed by atoms with E-state index in [0.29, 0.717) is 36.9 Å². The van der Waals surface area contributed by atoms with Crippen LogP contribution in [0.3, 0.4) is 0 Å². The standard InChI is InChI=1S/C29H33NO7/c1-29(2,35)37-21(15-30-12-5-4-6-13-30)16-10-11-17-19(14-16)27(33)23-24(25(17)31)28(34)22-18(26(23)32)8-7-9-20(22)36-3/h4-5,7-9,16,21,31,33,35H,6,10-15H2,1-3H3/t16-,21+/m0/s1. The number of benzene rings is 2. The van der Waals surface area contributed by atoms with Gasteiger partial charge in [-0.2, -0.15) is 0 Å². The van der Waals surface area contributed by atoms with Crippen molar-refractivity contribution in [1.29, 1.82) is 0 Å². The number of aromatic hydroxyl groups is 2. The lowest BCUT2D eigenvalue weighted by Gasteiger charge is -2.39. The van der Waals surface area contributed by atoms with Gasteiger partial charge in [0.2, 0.25) is 5.78 Å². The molecule has 2 aliphatic carbocycles. The molecule has 0 radical (unpaired) electrons. The molecular formula is C29H33NO7. The number of hydrogen-bond donors (Lipinski definition) is 3. The summed E-state index contributed by atoms with van der Waals surface area (Å²) in [5.74, 6) is -2.75. The van der Waals surface area contributed by atoms with Crippen LogP contribution in [0.1, 0.15) is 69.7 Å². The summed E-state index contributed by atoms with van der Waals surface area (Å²) >= 11 is 0. The quantitative estimate of drug-likeness (QED) is 0.264. The van der Waals surface area contributed by atoms with Gasteiger partial charge in [-0.05, 0) is 51.5 Å². The maximum atomic E-state index is 13.5. The Bertz CT molecular complexity index is 1290. The second-order valence-corrected chi connectivity index (χ2v) is 10.6. The molecule has 37 heavy (non-hydrogen) atoms. The fraction of sp³-hybridized carbons (Fsp3) is 0.448. The zero-order chi connectivity index (χ0) is 26.5. The lowest BCUT2D eigenvalue weighted by atomic mass is 9.74. The number of ketones is 2. The van der Waals surface area contributed by atoms with Crippen LogP contribution in [0.15, 0.2) is 30.4 Å². The molecule has 8 heteroatoms. The minimum atomic E-state index is -1.35. The van der Waals surface area contributed by atoms with E-state index in [0.717, 1.165) is 19.5 Å². The molecule has 5 rings (SSSR count). The van der Waals surface area contributed by atoms with Gasteiger partial charge in [-0.3, -0.25) is 14.5 Å². The molecule has 2 aromatic rings. The molecule has 1 aliphatic heterocycles. The molecule has 0 amide bonds. The minimum absolute atomic E-state index is 0.0741. The van der Waals surface area contributed by atoms with E-state index in [1.54, 1.807) is 26.0 Å². The topological polar surface area (TPSA) is 117 Å². The van der Waals surface area contributed by atoms with E-state index in [2.05, 4.69) is 17.1 Å². The summed E-state index contributed by atoms with van der Waals surface area (Å²) in [7, 11) is 1.42. The molecule has 1 heterocycles. The van der Waals surface area contributed by atoms with Crippen molar-refractivity contribution in [3.63, 3.8) is 0 Å². The highest BCUT2D eigenvalue weighted by Crippen LogP contribution is 2.48. The Labute approximate surface area is 216 Å². The molecular weight excluding hydrogens is 474 g/mol. The number of hydrogen-bond acceptors (Lipinski definition) is 8. The molecule has 0 fully saturated rings. The number of carbonyl (C=O) groups excluding carboxylic acids is 2. The van der Waals surface area contributed by atoms with Crippen molar-refractivity contribution < 1.29 is 34.4 Å². The summed E-state index contributed by atoms with van der Waals surface area (Å²) in [5, 5.41) is 33.1. The van der Waals surface area contributed by atoms with Crippen molar-refractivity contribution in [2.75, 3.05) is 26.7 Å². The molecule has 3 aliphatic rings. The van der Waals surface area contributed by atoms with Gasteiger partial charge in [0.1, 0.15) is 17.2 Å². The number of carbonyl (C=O) groups is 2. The predicted molar refractivity (Wildman–Crippen MR) is 137 cm³/mol. The summed E-state index contributed by atoms with van der Waals surface area (Å²) in [5.41, 5.74) is 0.850. The summed E-state index contributed by atoms with van der Waals surface area (Å²) in [6, 6.07) is 4.74. The summed E-state index contributed by atoms with van der Waals surface area (Å²) in [6.45, 7) is 5.50. The molecule has 0 spiro atoms. The Morgan fingerprint density at radius 1 is 1.05 bits per heavy atom. The van der Waals surface area contributed by atoms with E-state index >= 15 is 0 Å². The van der Waals surface area contributed by atoms with Crippen LogP contribution in [-0.4, -0.2) is 70.4 Å². The first-order chi connectivity index (χ1) is 17.6. The molecule has 0 unspecified atom stereocenters. The highest BCUT2D eigenvalue weighted by atomic mass is 16.6. The Kier molecular flexibility index (Phi) is 6.60. The van der Waals surface area contributed by atoms with Crippen LogP contribution in [0.25, 0.3) is 0 Å². The van der Waals surface area contributed by atoms with Gasteiger partial charge in [-0.25, -0.2) is 0 Å². The van der Waals surface area contributed by atoms with Crippen LogP contribution >= 0.6 is 0 Å². The van der Waals surface area contributed by atoms with Gasteiger partial charge in [0, 0.05) is 36.3 Å². The van der Waals surface area contributed by atoms with E-state index in [-0.39, 0.29) is 51.5 Å². The summed E-state index contributed by atoms with van der Waals surface area (Å²) in [4.78, 5) is 29.2. The fourth-order valence-corrected chi connectivity index (χ4v) is 5.91. The average molecular weight is 508 g/mol. The van der Waals surface area contributed by atoms with E-state index in [4.69, 9.17) is 9.47 Å². The number of phenolic OH excluding ortho intramolecular Hbond substituents is 2. The molecule has 2 atom stereocenters. The lowest BCUT2D eigenvalue weighted by Crippen LogP contribution is -2.45. The summed E-state index contributed by atoms with van der Waals surface area (Å²) < 4.78 is 11.4. The lowest BCUT2D eigenvalue weighted by molar-refractivity contribution is -0.220. The SMILES string of the molecule is COc1cccc2c1C(=O)c1c(O)c3c(c(O)c1C2=O)C[C@@H]([C@@H](CN1CC=CCC1)OC(C)(C)O)CC3. The third-order valence-electron chi connectivity index (χ3n) is 7.61. The maximum absolute atomic E-state index is 13.5. The second kappa shape index (κ2) is 9.59. The van der Waals surface area contributed by atoms with Crippen molar-refractivity contribution in [1.82, 2.24) is 4.90 Å². The van der Waals surface area contributed by atoms with Crippen molar-refractivity contribution >= 4 is 11.6 Å². The van der Waals surface area contributed by atoms with Crippen LogP contribution in [0, 0.1) is 5.92 Å². The Morgan fingerprint density at radius 3 is 2.46 bits per heavy atom. The van der Waals surface area contributed by atoms with Gasteiger partial charge in [0.25, 0.3) is 0 Å². The highest BCUT2D eigenvalue weighted by Gasteiger charge is 2.42. The minimum Gasteiger partial charge on any atom is -0.507 e. The number of fused-ring (bicyclic) bond motifs is 3. The van der Waals surface area contributed by atoms with Gasteiger partial charge in [0.15, 0.2) is 11.6 Å². The first kappa shape index (κ1) is 25.4. The fourth-order valence-electron chi connectivity index (χ4n) is 5.91. The van der Waals surface area contributed by atoms with E-state index in [9.17, 15) is 24.9 Å². The molecule has 0 bridgehead atoms. The number of methoxy groups -OCH3 is 1. The van der Waals surface area contributed by atoms with Gasteiger partial charge in [0.05, 0.1) is 29.9 Å². The number of aliphatic hydroxyl groups is 1. The molecule has 8 nitrogen and oxygen atoms in total. The third kappa shape index (κ3) is 4.54. The molecule has 2 aromatic carbocycles. The molecule has 196 valence electrons. The van der Waals surface area contributed by atoms with Crippen LogP contribution in [0.5, 0.6) is 17.2 Å². The Hall–Kier alpha value is -3.20. The molecule has 3 N–H and O–H groups in total. The first-order valence-corrected chi connectivity index (χ1v) is 12.7. The predicted octanol–water partition coefficient (Wildman–Crippen LogP) is 3.36. The number of nitrogens with zero attached hydrogens (tertiary/aromatic N) is 1. The maximum Gasteiger partial charge on any atom is 0.202 e. The number of ether oxygens (including phenoxy) is 2. The smallest absolute Gasteiger partial charge is 0.202 e. The largest absolute Gasteiger partial charge is 0.507 e. The zero-order valence-electron chi connectivity index (χ0n) is 21.4. The highest BCUT2D eigenvalue weighted by molar-refractivity contribution is 6.31. The number of phenols is 2. The van der Waals surface area contributed by atoms with Crippen LogP contribution in [0.4, 0.5) is 0 Å². The van der Waals surface area contributed by atoms with E-state index < -0.39 is 17.4 Å². The molecule has 0 saturated heterocycles. The molecule has 0 saturated carbocycles. The van der Waals surface area contributed by atoms with E-state index in [1.165, 1.54) is 13.2 Å². The van der Waals surface area contributed by atoms with E-state index in [1.807, 2.05) is 0 Å². The Morgan fingerprint density at radius 2 is 1.78 bits per heavy atom. The van der Waals surface area contributed by atoms with Gasteiger partial charge >= 0.3 is 0 Å². The zero-order valence-corrected chi connectivity index (χ0v) is 21.4. The van der Waals surface area contributed by atoms with Crippen molar-refractivity contribution in [2.24, 2.45) is 5.92 Å². The van der Waals surface area contributed by atoms with Crippen LogP contribution in [-0.2, 0) is 17.6 Å². The van der Waals surface area contributed by atoms with Crippen LogP contribution in [0.2, 0.25) is 0 Å². The van der Waals surface area contributed by atoms with Crippen molar-refractivity contribution in [3.05, 3.63) is 63.7 Å². The van der Waals surface area contributed by atoms with Gasteiger partial charge in [-0.15, -0.1) is 0 Å². The second-order valence-electron chi connectivity index (χ2n) is 10.6. The van der Waals surface area contributed by atoms with Crippen LogP contribution < -0.4 is 4.74 Å². The Balaban J connectivity index is 1.53. The normalized spacial score (nSPS) is 20.3. The molecule has 0 aromatic heterocycles. The monoisotopic (exact) mass is 507 g/mol. The van der Waals surface area contributed by atoms with Crippen molar-refractivity contribution in [3.8, 4) is 17.2 Å². The van der Waals surface area contributed by atoms with Crippen molar-refractivity contribution in [2.45, 2.75) is 51.4 Å². The number of rotatable bonds is 6. The third-order valence-corrected chi connectivity index (χ3v) is 7.61. The van der Waals surface area contributed by atoms with Gasteiger partial charge < -0.3 is 24.8 Å². The first-order valence-electron chi connectivity index (χ1n) is 12.7. The summed E-state index contributed by atoms with van der Waals surface area (Å²) in [6.07, 6.45) is 6.26. The average Bonchev–Trinajstić information content (AvgIpc) is 2.88. The van der Waals surface area contributed by atoms with Gasteiger partial charge in [-0.1, -0.05) is 24.3 Å².